The third-order valence-electron chi connectivity index (χ3n) is 2.98. The number of benzene rings is 2. The molecule has 2 aromatic carbocycles. The van der Waals surface area contributed by atoms with Crippen LogP contribution < -0.4 is 10.5 Å². The van der Waals surface area contributed by atoms with Crippen molar-refractivity contribution in [3.8, 4) is 0 Å². The molecule has 0 unspecified atom stereocenters. The molecule has 112 valence electrons. The Bertz CT molecular complexity index is 807. The van der Waals surface area contributed by atoms with Gasteiger partial charge in [-0.05, 0) is 65.2 Å². The minimum atomic E-state index is -4.06. The molecule has 0 aliphatic carbocycles. The Morgan fingerprint density at radius 3 is 2.52 bits per heavy atom. The average molecular weight is 373 g/mol. The van der Waals surface area contributed by atoms with Gasteiger partial charge in [-0.1, -0.05) is 6.07 Å². The van der Waals surface area contributed by atoms with Crippen LogP contribution in [0.25, 0.3) is 0 Å². The highest BCUT2D eigenvalue weighted by molar-refractivity contribution is 9.10. The van der Waals surface area contributed by atoms with Crippen molar-refractivity contribution in [1.82, 2.24) is 0 Å². The van der Waals surface area contributed by atoms with Crippen LogP contribution in [-0.4, -0.2) is 8.42 Å². The zero-order valence-corrected chi connectivity index (χ0v) is 13.8. The fourth-order valence-electron chi connectivity index (χ4n) is 1.79. The van der Waals surface area contributed by atoms with Crippen molar-refractivity contribution in [1.29, 1.82) is 0 Å². The van der Waals surface area contributed by atoms with Crippen molar-refractivity contribution in [2.24, 2.45) is 0 Å². The van der Waals surface area contributed by atoms with Gasteiger partial charge in [-0.3, -0.25) is 4.72 Å². The number of hydrogen-bond acceptors (Lipinski definition) is 3. The molecule has 0 aliphatic rings. The monoisotopic (exact) mass is 372 g/mol. The van der Waals surface area contributed by atoms with Gasteiger partial charge in [0.15, 0.2) is 0 Å². The van der Waals surface area contributed by atoms with Crippen molar-refractivity contribution in [2.45, 2.75) is 18.7 Å². The molecule has 0 radical (unpaired) electrons. The van der Waals surface area contributed by atoms with E-state index in [1.807, 2.05) is 13.0 Å². The van der Waals surface area contributed by atoms with E-state index in [-0.39, 0.29) is 5.69 Å². The molecule has 21 heavy (non-hydrogen) atoms. The van der Waals surface area contributed by atoms with Gasteiger partial charge in [0.2, 0.25) is 0 Å². The minimum Gasteiger partial charge on any atom is -0.398 e. The Morgan fingerprint density at radius 2 is 1.86 bits per heavy atom. The van der Waals surface area contributed by atoms with Gasteiger partial charge in [0.25, 0.3) is 10.0 Å². The lowest BCUT2D eigenvalue weighted by molar-refractivity contribution is 0.570. The van der Waals surface area contributed by atoms with E-state index in [1.54, 1.807) is 19.1 Å². The van der Waals surface area contributed by atoms with Gasteiger partial charge in [-0.25, -0.2) is 12.8 Å². The largest absolute Gasteiger partial charge is 0.398 e. The number of hydrogen-bond donors (Lipinski definition) is 2. The number of halogens is 2. The summed E-state index contributed by atoms with van der Waals surface area (Å²) in [7, 11) is -4.06. The van der Waals surface area contributed by atoms with Crippen LogP contribution in [0.3, 0.4) is 0 Å². The first kappa shape index (κ1) is 15.8. The van der Waals surface area contributed by atoms with Gasteiger partial charge in [0.05, 0.1) is 5.69 Å². The molecule has 0 heterocycles. The van der Waals surface area contributed by atoms with E-state index in [1.165, 1.54) is 0 Å². The van der Waals surface area contributed by atoms with Crippen LogP contribution in [0.1, 0.15) is 11.1 Å². The number of nitrogen functional groups attached to an aromatic ring is 1. The first-order chi connectivity index (χ1) is 9.70. The van der Waals surface area contributed by atoms with Gasteiger partial charge < -0.3 is 5.73 Å². The standard InChI is InChI=1S/C14H14BrFN2O2S/c1-8-3-4-10(15)13(5-8)18-21(19,20)14-7-12(17)9(2)6-11(14)16/h3-7,18H,17H2,1-2H3. The van der Waals surface area contributed by atoms with Gasteiger partial charge in [-0.2, -0.15) is 0 Å². The van der Waals surface area contributed by atoms with Crippen molar-refractivity contribution in [3.63, 3.8) is 0 Å². The molecule has 0 bridgehead atoms. The quantitative estimate of drug-likeness (QED) is 0.808. The van der Waals surface area contributed by atoms with E-state index in [0.29, 0.717) is 15.7 Å². The maximum atomic E-state index is 13.9. The summed E-state index contributed by atoms with van der Waals surface area (Å²) >= 11 is 3.25. The van der Waals surface area contributed by atoms with Gasteiger partial charge >= 0.3 is 0 Å². The summed E-state index contributed by atoms with van der Waals surface area (Å²) in [6.07, 6.45) is 0. The van der Waals surface area contributed by atoms with Crippen molar-refractivity contribution >= 4 is 37.3 Å². The normalized spacial score (nSPS) is 11.4. The first-order valence-corrected chi connectivity index (χ1v) is 8.33. The van der Waals surface area contributed by atoms with E-state index < -0.39 is 20.7 Å². The third kappa shape index (κ3) is 3.36. The molecule has 0 amide bonds. The predicted octanol–water partition coefficient (Wildman–Crippen LogP) is 3.59. The van der Waals surface area contributed by atoms with E-state index in [0.717, 1.165) is 17.7 Å². The molecule has 4 nitrogen and oxygen atoms in total. The highest BCUT2D eigenvalue weighted by atomic mass is 79.9. The summed E-state index contributed by atoms with van der Waals surface area (Å²) in [4.78, 5) is -0.473. The average Bonchev–Trinajstić information content (AvgIpc) is 2.37. The number of anilines is 2. The van der Waals surface area contributed by atoms with Crippen LogP contribution in [-0.2, 0) is 10.0 Å². The lowest BCUT2D eigenvalue weighted by Gasteiger charge is -2.12. The van der Waals surface area contributed by atoms with E-state index >= 15 is 0 Å². The number of aryl methyl sites for hydroxylation is 2. The lowest BCUT2D eigenvalue weighted by atomic mass is 10.2. The molecule has 0 spiro atoms. The Hall–Kier alpha value is -1.60. The number of sulfonamides is 1. The van der Waals surface area contributed by atoms with Crippen molar-refractivity contribution < 1.29 is 12.8 Å². The predicted molar refractivity (Wildman–Crippen MR) is 85.2 cm³/mol. The van der Waals surface area contributed by atoms with Crippen molar-refractivity contribution in [2.75, 3.05) is 10.5 Å². The van der Waals surface area contributed by atoms with Crippen LogP contribution >= 0.6 is 15.9 Å². The summed E-state index contributed by atoms with van der Waals surface area (Å²) in [5.41, 5.74) is 7.59. The Morgan fingerprint density at radius 1 is 1.19 bits per heavy atom. The Balaban J connectivity index is 2.48. The zero-order chi connectivity index (χ0) is 15.8. The molecule has 0 saturated heterocycles. The van der Waals surface area contributed by atoms with Gasteiger partial charge in [0.1, 0.15) is 10.7 Å². The number of nitrogens with one attached hydrogen (secondary N) is 1. The molecule has 7 heteroatoms. The van der Waals surface area contributed by atoms with E-state index in [9.17, 15) is 12.8 Å². The molecule has 0 saturated carbocycles. The van der Waals surface area contributed by atoms with Crippen LogP contribution in [0.15, 0.2) is 39.7 Å². The van der Waals surface area contributed by atoms with Crippen LogP contribution in [0, 0.1) is 19.7 Å². The fourth-order valence-corrected chi connectivity index (χ4v) is 3.43. The Labute approximate surface area is 131 Å². The molecule has 2 aromatic rings. The van der Waals surface area contributed by atoms with Crippen LogP contribution in [0.2, 0.25) is 0 Å². The second-order valence-corrected chi connectivity index (χ2v) is 7.23. The van der Waals surface area contributed by atoms with E-state index in [4.69, 9.17) is 5.73 Å². The lowest BCUT2D eigenvalue weighted by Crippen LogP contribution is -2.15. The zero-order valence-electron chi connectivity index (χ0n) is 11.4. The highest BCUT2D eigenvalue weighted by Crippen LogP contribution is 2.28. The SMILES string of the molecule is Cc1ccc(Br)c(NS(=O)(=O)c2cc(N)c(C)cc2F)c1. The summed E-state index contributed by atoms with van der Waals surface area (Å²) in [6.45, 7) is 3.44. The third-order valence-corrected chi connectivity index (χ3v) is 5.05. The first-order valence-electron chi connectivity index (χ1n) is 6.05. The number of rotatable bonds is 3. The maximum absolute atomic E-state index is 13.9. The molecule has 0 atom stereocenters. The molecule has 2 rings (SSSR count). The molecular weight excluding hydrogens is 359 g/mol. The van der Waals surface area contributed by atoms with Gasteiger partial charge in [-0.15, -0.1) is 0 Å². The van der Waals surface area contributed by atoms with Crippen LogP contribution in [0.4, 0.5) is 15.8 Å². The minimum absolute atomic E-state index is 0.222. The van der Waals surface area contributed by atoms with E-state index in [2.05, 4.69) is 20.7 Å². The molecule has 0 fully saturated rings. The summed E-state index contributed by atoms with van der Waals surface area (Å²) in [5.74, 6) is -0.835. The summed E-state index contributed by atoms with van der Waals surface area (Å²) in [6, 6.07) is 7.42. The maximum Gasteiger partial charge on any atom is 0.264 e. The fraction of sp³-hybridized carbons (Fsp3) is 0.143. The Kier molecular flexibility index (Phi) is 4.25. The molecular formula is C14H14BrFN2O2S. The highest BCUT2D eigenvalue weighted by Gasteiger charge is 2.21. The molecule has 0 aliphatic heterocycles. The van der Waals surface area contributed by atoms with Crippen LogP contribution in [0.5, 0.6) is 0 Å². The second kappa shape index (κ2) is 5.65. The van der Waals surface area contributed by atoms with Gasteiger partial charge in [0, 0.05) is 10.2 Å². The molecule has 3 N–H and O–H groups in total. The summed E-state index contributed by atoms with van der Waals surface area (Å²) < 4.78 is 41.5. The summed E-state index contributed by atoms with van der Waals surface area (Å²) in [5, 5.41) is 0. The second-order valence-electron chi connectivity index (χ2n) is 4.73. The smallest absolute Gasteiger partial charge is 0.264 e. The molecule has 0 aromatic heterocycles. The topological polar surface area (TPSA) is 72.2 Å². The van der Waals surface area contributed by atoms with Crippen molar-refractivity contribution in [3.05, 3.63) is 51.7 Å². The number of nitrogens with two attached hydrogens (primary N) is 1.